The Morgan fingerprint density at radius 2 is 2.04 bits per heavy atom. The van der Waals surface area contributed by atoms with E-state index in [2.05, 4.69) is 9.97 Å². The normalized spacial score (nSPS) is 13.3. The van der Waals surface area contributed by atoms with Crippen LogP contribution in [0.25, 0.3) is 11.3 Å². The SMILES string of the molecule is NC[C@@H](CC(=O)c1ccc2c(c1)COc1cncnc1-2)c1ccccc1. The fraction of sp³-hybridized carbons (Fsp3) is 0.190. The van der Waals surface area contributed by atoms with Crippen LogP contribution in [0.2, 0.25) is 0 Å². The molecule has 4 rings (SSSR count). The summed E-state index contributed by atoms with van der Waals surface area (Å²) in [6.45, 7) is 0.851. The molecule has 1 aliphatic heterocycles. The summed E-state index contributed by atoms with van der Waals surface area (Å²) in [5, 5.41) is 0. The summed E-state index contributed by atoms with van der Waals surface area (Å²) in [5.74, 6) is 0.774. The Morgan fingerprint density at radius 3 is 2.85 bits per heavy atom. The molecule has 1 aromatic heterocycles. The van der Waals surface area contributed by atoms with Crippen molar-refractivity contribution in [1.29, 1.82) is 0 Å². The molecule has 5 nitrogen and oxygen atoms in total. The molecule has 2 heterocycles. The predicted octanol–water partition coefficient (Wildman–Crippen LogP) is 3.35. The smallest absolute Gasteiger partial charge is 0.164 e. The molecule has 0 saturated carbocycles. The van der Waals surface area contributed by atoms with E-state index in [1.165, 1.54) is 6.33 Å². The number of hydrogen-bond acceptors (Lipinski definition) is 5. The van der Waals surface area contributed by atoms with Gasteiger partial charge in [0.05, 0.1) is 6.20 Å². The van der Waals surface area contributed by atoms with Gasteiger partial charge in [-0.05, 0) is 23.7 Å². The first-order valence-corrected chi connectivity index (χ1v) is 8.60. The lowest BCUT2D eigenvalue weighted by Crippen LogP contribution is -2.17. The van der Waals surface area contributed by atoms with Gasteiger partial charge in [0.2, 0.25) is 0 Å². The molecular weight excluding hydrogens is 326 g/mol. The summed E-state index contributed by atoms with van der Waals surface area (Å²) < 4.78 is 5.70. The van der Waals surface area contributed by atoms with E-state index in [4.69, 9.17) is 10.5 Å². The topological polar surface area (TPSA) is 78.1 Å². The highest BCUT2D eigenvalue weighted by Gasteiger charge is 2.21. The third-order valence-electron chi connectivity index (χ3n) is 4.73. The third kappa shape index (κ3) is 3.09. The third-order valence-corrected chi connectivity index (χ3v) is 4.73. The van der Waals surface area contributed by atoms with Crippen molar-refractivity contribution in [3.8, 4) is 17.0 Å². The van der Waals surface area contributed by atoms with Gasteiger partial charge in [-0.2, -0.15) is 0 Å². The summed E-state index contributed by atoms with van der Waals surface area (Å²) in [7, 11) is 0. The Hall–Kier alpha value is -3.05. The second-order valence-electron chi connectivity index (χ2n) is 6.37. The number of ketones is 1. The number of hydrogen-bond donors (Lipinski definition) is 1. The molecule has 3 aromatic rings. The van der Waals surface area contributed by atoms with Crippen molar-refractivity contribution in [2.24, 2.45) is 5.73 Å². The van der Waals surface area contributed by atoms with Crippen LogP contribution in [0.1, 0.15) is 33.8 Å². The van der Waals surface area contributed by atoms with Gasteiger partial charge in [0.1, 0.15) is 18.6 Å². The van der Waals surface area contributed by atoms with E-state index in [0.717, 1.165) is 22.4 Å². The van der Waals surface area contributed by atoms with Crippen LogP contribution in [0, 0.1) is 0 Å². The number of ether oxygens (including phenoxy) is 1. The quantitative estimate of drug-likeness (QED) is 0.718. The monoisotopic (exact) mass is 345 g/mol. The first kappa shape index (κ1) is 16.4. The molecular formula is C21H19N3O2. The van der Waals surface area contributed by atoms with Crippen LogP contribution in [0.15, 0.2) is 61.1 Å². The average Bonchev–Trinajstić information content (AvgIpc) is 2.72. The Labute approximate surface area is 151 Å². The minimum Gasteiger partial charge on any atom is -0.485 e. The lowest BCUT2D eigenvalue weighted by molar-refractivity contribution is 0.0974. The summed E-state index contributed by atoms with van der Waals surface area (Å²) in [5.41, 5.74) is 10.4. The minimum absolute atomic E-state index is 0.0180. The van der Waals surface area contributed by atoms with Gasteiger partial charge >= 0.3 is 0 Å². The highest BCUT2D eigenvalue weighted by Crippen LogP contribution is 2.35. The van der Waals surface area contributed by atoms with Crippen molar-refractivity contribution in [3.63, 3.8) is 0 Å². The van der Waals surface area contributed by atoms with Gasteiger partial charge in [-0.25, -0.2) is 9.97 Å². The van der Waals surface area contributed by atoms with Crippen LogP contribution < -0.4 is 10.5 Å². The molecule has 26 heavy (non-hydrogen) atoms. The first-order chi connectivity index (χ1) is 12.8. The van der Waals surface area contributed by atoms with Crippen LogP contribution in [0.4, 0.5) is 0 Å². The number of Topliss-reactive ketones (excluding diaryl/α,β-unsaturated/α-hetero) is 1. The average molecular weight is 345 g/mol. The Kier molecular flexibility index (Phi) is 4.46. The molecule has 1 aliphatic rings. The van der Waals surface area contributed by atoms with Crippen molar-refractivity contribution >= 4 is 5.78 Å². The van der Waals surface area contributed by atoms with E-state index in [1.54, 1.807) is 6.20 Å². The number of nitrogens with two attached hydrogens (primary N) is 1. The van der Waals surface area contributed by atoms with Crippen LogP contribution in [0.3, 0.4) is 0 Å². The molecule has 0 amide bonds. The molecule has 0 fully saturated rings. The van der Waals surface area contributed by atoms with Crippen molar-refractivity contribution in [2.45, 2.75) is 18.9 Å². The van der Waals surface area contributed by atoms with Gasteiger partial charge in [0, 0.05) is 23.5 Å². The molecule has 0 saturated heterocycles. The molecule has 2 aromatic carbocycles. The molecule has 2 N–H and O–H groups in total. The van der Waals surface area contributed by atoms with Crippen molar-refractivity contribution in [3.05, 3.63) is 77.7 Å². The molecule has 0 unspecified atom stereocenters. The maximum absolute atomic E-state index is 12.8. The lowest BCUT2D eigenvalue weighted by atomic mass is 9.90. The summed E-state index contributed by atoms with van der Waals surface area (Å²) in [6, 6.07) is 15.6. The fourth-order valence-electron chi connectivity index (χ4n) is 3.30. The van der Waals surface area contributed by atoms with Crippen molar-refractivity contribution < 1.29 is 9.53 Å². The van der Waals surface area contributed by atoms with Gasteiger partial charge in [0.15, 0.2) is 11.5 Å². The largest absolute Gasteiger partial charge is 0.485 e. The van der Waals surface area contributed by atoms with Crippen LogP contribution in [-0.2, 0) is 6.61 Å². The Balaban J connectivity index is 1.58. The highest BCUT2D eigenvalue weighted by atomic mass is 16.5. The first-order valence-electron chi connectivity index (χ1n) is 8.60. The van der Waals surface area contributed by atoms with Gasteiger partial charge in [-0.1, -0.05) is 42.5 Å². The second-order valence-corrected chi connectivity index (χ2v) is 6.37. The van der Waals surface area contributed by atoms with E-state index in [1.807, 2.05) is 48.5 Å². The maximum Gasteiger partial charge on any atom is 0.164 e. The van der Waals surface area contributed by atoms with E-state index < -0.39 is 0 Å². The number of aromatic nitrogens is 2. The predicted molar refractivity (Wildman–Crippen MR) is 99.0 cm³/mol. The van der Waals surface area contributed by atoms with Crippen molar-refractivity contribution in [2.75, 3.05) is 6.54 Å². The summed E-state index contributed by atoms with van der Waals surface area (Å²) >= 11 is 0. The molecule has 0 bridgehead atoms. The molecule has 0 spiro atoms. The fourth-order valence-corrected chi connectivity index (χ4v) is 3.30. The molecule has 5 heteroatoms. The van der Waals surface area contributed by atoms with Crippen LogP contribution >= 0.6 is 0 Å². The van der Waals surface area contributed by atoms with Gasteiger partial charge in [0.25, 0.3) is 0 Å². The minimum atomic E-state index is 0.0180. The molecule has 130 valence electrons. The van der Waals surface area contributed by atoms with Gasteiger partial charge < -0.3 is 10.5 Å². The number of nitrogens with zero attached hydrogens (tertiary/aromatic N) is 2. The number of rotatable bonds is 5. The van der Waals surface area contributed by atoms with E-state index in [0.29, 0.717) is 30.9 Å². The number of carbonyl (C=O) groups excluding carboxylic acids is 1. The van der Waals surface area contributed by atoms with Gasteiger partial charge in [-0.3, -0.25) is 4.79 Å². The number of fused-ring (bicyclic) bond motifs is 3. The second kappa shape index (κ2) is 7.06. The summed E-state index contributed by atoms with van der Waals surface area (Å²) in [6.07, 6.45) is 3.55. The number of carbonyl (C=O) groups is 1. The van der Waals surface area contributed by atoms with Crippen LogP contribution in [-0.4, -0.2) is 22.3 Å². The molecule has 0 radical (unpaired) electrons. The van der Waals surface area contributed by atoms with Crippen molar-refractivity contribution in [1.82, 2.24) is 9.97 Å². The summed E-state index contributed by atoms with van der Waals surface area (Å²) in [4.78, 5) is 21.1. The highest BCUT2D eigenvalue weighted by molar-refractivity contribution is 5.97. The molecule has 1 atom stereocenters. The zero-order chi connectivity index (χ0) is 17.9. The zero-order valence-electron chi connectivity index (χ0n) is 14.3. The Bertz CT molecular complexity index is 941. The number of benzene rings is 2. The van der Waals surface area contributed by atoms with E-state index in [9.17, 15) is 4.79 Å². The van der Waals surface area contributed by atoms with Gasteiger partial charge in [-0.15, -0.1) is 0 Å². The van der Waals surface area contributed by atoms with E-state index in [-0.39, 0.29) is 11.7 Å². The lowest BCUT2D eigenvalue weighted by Gasteiger charge is -2.20. The maximum atomic E-state index is 12.8. The standard InChI is InChI=1S/C21H19N3O2/c22-10-16(14-4-2-1-3-5-14)9-19(25)15-6-7-18-17(8-15)12-26-20-11-23-13-24-21(18)20/h1-8,11,13,16H,9-10,12,22H2/t16-/m1/s1. The Morgan fingerprint density at radius 1 is 1.19 bits per heavy atom. The van der Waals surface area contributed by atoms with E-state index >= 15 is 0 Å². The molecule has 0 aliphatic carbocycles. The van der Waals surface area contributed by atoms with Crippen LogP contribution in [0.5, 0.6) is 5.75 Å². The zero-order valence-corrected chi connectivity index (χ0v) is 14.3.